The number of anilines is 1. The van der Waals surface area contributed by atoms with Gasteiger partial charge in [0.25, 0.3) is 0 Å². The number of rotatable bonds is 4. The first kappa shape index (κ1) is 12.2. The summed E-state index contributed by atoms with van der Waals surface area (Å²) in [4.78, 5) is 3.81. The van der Waals surface area contributed by atoms with Crippen molar-refractivity contribution in [2.45, 2.75) is 18.6 Å². The molecule has 16 heavy (non-hydrogen) atoms. The van der Waals surface area contributed by atoms with Crippen LogP contribution >= 0.6 is 0 Å². The van der Waals surface area contributed by atoms with Crippen LogP contribution in [0.5, 0.6) is 5.75 Å². The summed E-state index contributed by atoms with van der Waals surface area (Å²) in [6, 6.07) is 3.25. The number of hydrogen-bond donors (Lipinski definition) is 3. The number of aromatic nitrogens is 1. The van der Waals surface area contributed by atoms with E-state index in [0.29, 0.717) is 11.3 Å². The van der Waals surface area contributed by atoms with Crippen molar-refractivity contribution in [2.75, 3.05) is 12.8 Å². The van der Waals surface area contributed by atoms with Crippen LogP contribution in [-0.4, -0.2) is 28.4 Å². The minimum atomic E-state index is -1.18. The SMILES string of the molecule is COc1cc(C(O)C(O)CC#N)cnc1N. The van der Waals surface area contributed by atoms with E-state index in [-0.39, 0.29) is 12.2 Å². The van der Waals surface area contributed by atoms with E-state index in [2.05, 4.69) is 4.98 Å². The Morgan fingerprint density at radius 2 is 2.31 bits per heavy atom. The highest BCUT2D eigenvalue weighted by molar-refractivity contribution is 5.47. The molecule has 4 N–H and O–H groups in total. The first-order valence-electron chi connectivity index (χ1n) is 4.62. The van der Waals surface area contributed by atoms with Crippen LogP contribution in [0.25, 0.3) is 0 Å². The van der Waals surface area contributed by atoms with Gasteiger partial charge in [-0.1, -0.05) is 0 Å². The van der Waals surface area contributed by atoms with Crippen molar-refractivity contribution in [1.82, 2.24) is 4.98 Å². The Morgan fingerprint density at radius 1 is 1.62 bits per heavy atom. The van der Waals surface area contributed by atoms with Gasteiger partial charge in [-0.05, 0) is 6.07 Å². The largest absolute Gasteiger partial charge is 0.493 e. The average Bonchev–Trinajstić information content (AvgIpc) is 2.29. The molecule has 0 saturated heterocycles. The van der Waals surface area contributed by atoms with Crippen molar-refractivity contribution < 1.29 is 14.9 Å². The molecule has 0 bridgehead atoms. The maximum atomic E-state index is 9.69. The van der Waals surface area contributed by atoms with Crippen molar-refractivity contribution in [2.24, 2.45) is 0 Å². The Balaban J connectivity index is 2.92. The monoisotopic (exact) mass is 223 g/mol. The van der Waals surface area contributed by atoms with Gasteiger partial charge in [-0.2, -0.15) is 5.26 Å². The zero-order valence-electron chi connectivity index (χ0n) is 8.79. The number of aliphatic hydroxyl groups is 2. The molecule has 0 aromatic carbocycles. The normalized spacial score (nSPS) is 13.9. The lowest BCUT2D eigenvalue weighted by Crippen LogP contribution is -2.17. The van der Waals surface area contributed by atoms with E-state index in [1.165, 1.54) is 19.4 Å². The van der Waals surface area contributed by atoms with E-state index in [1.54, 1.807) is 6.07 Å². The lowest BCUT2D eigenvalue weighted by molar-refractivity contribution is 0.0213. The third-order valence-electron chi connectivity index (χ3n) is 2.13. The topological polar surface area (TPSA) is 112 Å². The molecule has 0 aliphatic heterocycles. The van der Waals surface area contributed by atoms with Crippen LogP contribution in [0.1, 0.15) is 18.1 Å². The molecular formula is C10H13N3O3. The van der Waals surface area contributed by atoms with Gasteiger partial charge in [0.15, 0.2) is 11.6 Å². The summed E-state index contributed by atoms with van der Waals surface area (Å²) >= 11 is 0. The smallest absolute Gasteiger partial charge is 0.166 e. The van der Waals surface area contributed by atoms with E-state index in [0.717, 1.165) is 0 Å². The third-order valence-corrected chi connectivity index (χ3v) is 2.13. The molecular weight excluding hydrogens is 210 g/mol. The third kappa shape index (κ3) is 2.59. The molecule has 6 heteroatoms. The van der Waals surface area contributed by atoms with Crippen molar-refractivity contribution in [3.63, 3.8) is 0 Å². The lowest BCUT2D eigenvalue weighted by atomic mass is 10.0. The second-order valence-corrected chi connectivity index (χ2v) is 3.23. The number of pyridine rings is 1. The number of nitrogen functional groups attached to an aromatic ring is 1. The van der Waals surface area contributed by atoms with Crippen LogP contribution in [0.3, 0.4) is 0 Å². The number of aliphatic hydroxyl groups excluding tert-OH is 2. The summed E-state index contributed by atoms with van der Waals surface area (Å²) in [5, 5.41) is 27.5. The van der Waals surface area contributed by atoms with Crippen molar-refractivity contribution in [1.29, 1.82) is 5.26 Å². The van der Waals surface area contributed by atoms with Gasteiger partial charge < -0.3 is 20.7 Å². The molecule has 0 spiro atoms. The van der Waals surface area contributed by atoms with Gasteiger partial charge in [0.1, 0.15) is 6.10 Å². The molecule has 0 fully saturated rings. The molecule has 0 aliphatic rings. The summed E-state index contributed by atoms with van der Waals surface area (Å²) in [5.41, 5.74) is 5.86. The van der Waals surface area contributed by atoms with Gasteiger partial charge in [0.05, 0.1) is 25.7 Å². The van der Waals surface area contributed by atoms with Gasteiger partial charge in [0.2, 0.25) is 0 Å². The molecule has 1 aromatic rings. The minimum Gasteiger partial charge on any atom is -0.493 e. The van der Waals surface area contributed by atoms with Gasteiger partial charge in [-0.25, -0.2) is 4.98 Å². The van der Waals surface area contributed by atoms with E-state index >= 15 is 0 Å². The van der Waals surface area contributed by atoms with Gasteiger partial charge >= 0.3 is 0 Å². The van der Waals surface area contributed by atoms with Crippen molar-refractivity contribution in [3.8, 4) is 11.8 Å². The molecule has 0 radical (unpaired) electrons. The summed E-state index contributed by atoms with van der Waals surface area (Å²) in [6.45, 7) is 0. The predicted molar refractivity (Wildman–Crippen MR) is 56.4 cm³/mol. The van der Waals surface area contributed by atoms with Gasteiger partial charge in [0, 0.05) is 11.8 Å². The number of hydrogen-bond acceptors (Lipinski definition) is 6. The zero-order valence-corrected chi connectivity index (χ0v) is 8.79. The molecule has 0 aliphatic carbocycles. The van der Waals surface area contributed by atoms with Crippen LogP contribution in [0.2, 0.25) is 0 Å². The van der Waals surface area contributed by atoms with Crippen LogP contribution in [-0.2, 0) is 0 Å². The maximum absolute atomic E-state index is 9.69. The molecule has 86 valence electrons. The molecule has 2 unspecified atom stereocenters. The molecule has 1 heterocycles. The summed E-state index contributed by atoms with van der Waals surface area (Å²) in [7, 11) is 1.43. The van der Waals surface area contributed by atoms with E-state index < -0.39 is 12.2 Å². The Labute approximate surface area is 92.9 Å². The Bertz CT molecular complexity index is 403. The fraction of sp³-hybridized carbons (Fsp3) is 0.400. The Kier molecular flexibility index (Phi) is 4.05. The molecule has 1 aromatic heterocycles. The molecule has 6 nitrogen and oxygen atoms in total. The molecule has 2 atom stereocenters. The quantitative estimate of drug-likeness (QED) is 0.661. The number of ether oxygens (including phenoxy) is 1. The maximum Gasteiger partial charge on any atom is 0.166 e. The highest BCUT2D eigenvalue weighted by Crippen LogP contribution is 2.25. The highest BCUT2D eigenvalue weighted by atomic mass is 16.5. The van der Waals surface area contributed by atoms with Crippen molar-refractivity contribution in [3.05, 3.63) is 17.8 Å². The number of methoxy groups -OCH3 is 1. The molecule has 1 rings (SSSR count). The zero-order chi connectivity index (χ0) is 12.1. The number of nitrogens with zero attached hydrogens (tertiary/aromatic N) is 2. The Hall–Kier alpha value is -1.84. The number of nitriles is 1. The second-order valence-electron chi connectivity index (χ2n) is 3.23. The van der Waals surface area contributed by atoms with Crippen LogP contribution in [0.15, 0.2) is 12.3 Å². The summed E-state index contributed by atoms with van der Waals surface area (Å²) in [5.74, 6) is 0.522. The second kappa shape index (κ2) is 5.30. The fourth-order valence-corrected chi connectivity index (χ4v) is 1.22. The predicted octanol–water partition coefficient (Wildman–Crippen LogP) is -0.0196. The first-order chi connectivity index (χ1) is 7.60. The first-order valence-corrected chi connectivity index (χ1v) is 4.62. The standard InChI is InChI=1S/C10H13N3O3/c1-16-8-4-6(5-13-10(8)12)9(15)7(14)2-3-11/h4-5,7,9,14-15H,2H2,1H3,(H2,12,13). The summed E-state index contributed by atoms with van der Waals surface area (Å²) in [6.07, 6.45) is -1.15. The number of nitrogens with two attached hydrogens (primary N) is 1. The van der Waals surface area contributed by atoms with Gasteiger partial charge in [-0.3, -0.25) is 0 Å². The van der Waals surface area contributed by atoms with Crippen molar-refractivity contribution >= 4 is 5.82 Å². The minimum absolute atomic E-state index is 0.159. The van der Waals surface area contributed by atoms with Crippen LogP contribution in [0.4, 0.5) is 5.82 Å². The van der Waals surface area contributed by atoms with E-state index in [1.807, 2.05) is 0 Å². The average molecular weight is 223 g/mol. The fourth-order valence-electron chi connectivity index (χ4n) is 1.22. The lowest BCUT2D eigenvalue weighted by Gasteiger charge is -2.16. The summed E-state index contributed by atoms with van der Waals surface area (Å²) < 4.78 is 4.93. The van der Waals surface area contributed by atoms with E-state index in [9.17, 15) is 10.2 Å². The molecule has 0 saturated carbocycles. The molecule has 0 amide bonds. The highest BCUT2D eigenvalue weighted by Gasteiger charge is 2.19. The van der Waals surface area contributed by atoms with Crippen LogP contribution < -0.4 is 10.5 Å². The van der Waals surface area contributed by atoms with Gasteiger partial charge in [-0.15, -0.1) is 0 Å². The van der Waals surface area contributed by atoms with E-state index in [4.69, 9.17) is 15.7 Å². The Morgan fingerprint density at radius 3 is 2.88 bits per heavy atom. The van der Waals surface area contributed by atoms with Crippen LogP contribution in [0, 0.1) is 11.3 Å².